The third-order valence-electron chi connectivity index (χ3n) is 8.13. The van der Waals surface area contributed by atoms with Crippen LogP contribution in [0.1, 0.15) is 56.0 Å². The van der Waals surface area contributed by atoms with Crippen LogP contribution in [0.3, 0.4) is 0 Å². The van der Waals surface area contributed by atoms with Crippen molar-refractivity contribution < 1.29 is 14.3 Å². The fourth-order valence-corrected chi connectivity index (χ4v) is 5.81. The van der Waals surface area contributed by atoms with Crippen molar-refractivity contribution in [2.24, 2.45) is 5.41 Å². The molecule has 2 aliphatic heterocycles. The Bertz CT molecular complexity index is 1400. The number of para-hydroxylation sites is 2. The topological polar surface area (TPSA) is 73.9 Å². The number of benzene rings is 3. The minimum absolute atomic E-state index is 0.0239. The van der Waals surface area contributed by atoms with E-state index in [2.05, 4.69) is 86.0 Å². The third kappa shape index (κ3) is 6.89. The first kappa shape index (κ1) is 29.5. The van der Waals surface area contributed by atoms with Crippen molar-refractivity contribution in [1.29, 1.82) is 0 Å². The number of nitrogens with one attached hydrogen (secondary N) is 2. The number of hydrogen-bond donors (Lipinski definition) is 2. The van der Waals surface area contributed by atoms with Gasteiger partial charge in [-0.2, -0.15) is 0 Å². The highest BCUT2D eigenvalue weighted by Gasteiger charge is 2.55. The lowest BCUT2D eigenvalue weighted by atomic mass is 9.72. The Balaban J connectivity index is 1.28. The van der Waals surface area contributed by atoms with E-state index in [1.807, 2.05) is 43.9 Å². The highest BCUT2D eigenvalue weighted by molar-refractivity contribution is 5.87. The van der Waals surface area contributed by atoms with E-state index in [-0.39, 0.29) is 23.5 Å². The van der Waals surface area contributed by atoms with Gasteiger partial charge in [-0.1, -0.05) is 71.8 Å². The number of hydrogen-bond acceptors (Lipinski definition) is 5. The molecule has 1 spiro atoms. The molecular formula is C35H44N4O3. The third-order valence-corrected chi connectivity index (χ3v) is 8.13. The van der Waals surface area contributed by atoms with Crippen LogP contribution in [0.15, 0.2) is 72.8 Å². The SMILES string of the molecule is Cc1ccc(C[C@H](Nc2ccccc2NC(C)c2ccc(C)cc2)C(=O)N2CC3(CN(C(=O)OC(C)(C)C)C3)C2)cc1. The molecule has 2 aliphatic rings. The molecule has 0 radical (unpaired) electrons. The molecular weight excluding hydrogens is 524 g/mol. The smallest absolute Gasteiger partial charge is 0.410 e. The Hall–Kier alpha value is -4.00. The summed E-state index contributed by atoms with van der Waals surface area (Å²) in [5.74, 6) is 0.0818. The fourth-order valence-electron chi connectivity index (χ4n) is 5.81. The lowest BCUT2D eigenvalue weighted by Crippen LogP contribution is -2.74. The predicted molar refractivity (Wildman–Crippen MR) is 169 cm³/mol. The first-order valence-corrected chi connectivity index (χ1v) is 14.9. The van der Waals surface area contributed by atoms with Gasteiger partial charge in [0.15, 0.2) is 0 Å². The number of aryl methyl sites for hydroxylation is 2. The number of carbonyl (C=O) groups is 2. The van der Waals surface area contributed by atoms with Crippen LogP contribution in [0.2, 0.25) is 0 Å². The van der Waals surface area contributed by atoms with Gasteiger partial charge in [0, 0.05) is 44.1 Å². The molecule has 0 saturated carbocycles. The first-order valence-electron chi connectivity index (χ1n) is 14.9. The molecule has 7 heteroatoms. The van der Waals surface area contributed by atoms with Crippen molar-refractivity contribution in [3.05, 3.63) is 95.1 Å². The highest BCUT2D eigenvalue weighted by atomic mass is 16.6. The number of rotatable bonds is 8. The van der Waals surface area contributed by atoms with Gasteiger partial charge in [-0.25, -0.2) is 4.79 Å². The first-order chi connectivity index (χ1) is 19.9. The summed E-state index contributed by atoms with van der Waals surface area (Å²) in [6, 6.07) is 24.7. The second kappa shape index (κ2) is 11.7. The van der Waals surface area contributed by atoms with Crippen LogP contribution in [-0.4, -0.2) is 59.6 Å². The van der Waals surface area contributed by atoms with Crippen molar-refractivity contribution >= 4 is 23.4 Å². The van der Waals surface area contributed by atoms with E-state index in [4.69, 9.17) is 4.74 Å². The Morgan fingerprint density at radius 1 is 0.810 bits per heavy atom. The summed E-state index contributed by atoms with van der Waals surface area (Å²) in [4.78, 5) is 30.1. The van der Waals surface area contributed by atoms with Gasteiger partial charge in [-0.15, -0.1) is 0 Å². The molecule has 2 amide bonds. The second-order valence-corrected chi connectivity index (χ2v) is 13.2. The number of carbonyl (C=O) groups excluding carboxylic acids is 2. The maximum absolute atomic E-state index is 14.0. The van der Waals surface area contributed by atoms with Gasteiger partial charge in [-0.05, 0) is 64.8 Å². The molecule has 1 unspecified atom stereocenters. The highest BCUT2D eigenvalue weighted by Crippen LogP contribution is 2.41. The number of likely N-dealkylation sites (tertiary alicyclic amines) is 2. The average Bonchev–Trinajstić information content (AvgIpc) is 2.88. The van der Waals surface area contributed by atoms with Gasteiger partial charge in [0.25, 0.3) is 0 Å². The van der Waals surface area contributed by atoms with Crippen molar-refractivity contribution in [1.82, 2.24) is 9.80 Å². The van der Waals surface area contributed by atoms with Crippen LogP contribution in [-0.2, 0) is 16.0 Å². The molecule has 2 heterocycles. The molecule has 0 aliphatic carbocycles. The largest absolute Gasteiger partial charge is 0.444 e. The Morgan fingerprint density at radius 2 is 1.33 bits per heavy atom. The number of nitrogens with zero attached hydrogens (tertiary/aromatic N) is 2. The van der Waals surface area contributed by atoms with Crippen molar-refractivity contribution in [3.63, 3.8) is 0 Å². The molecule has 0 aromatic heterocycles. The summed E-state index contributed by atoms with van der Waals surface area (Å²) in [6.07, 6.45) is 0.301. The zero-order valence-electron chi connectivity index (χ0n) is 25.7. The van der Waals surface area contributed by atoms with Gasteiger partial charge in [0.2, 0.25) is 5.91 Å². The number of anilines is 2. The molecule has 2 N–H and O–H groups in total. The number of amides is 2. The minimum atomic E-state index is -0.514. The van der Waals surface area contributed by atoms with Crippen LogP contribution in [0, 0.1) is 19.3 Å². The van der Waals surface area contributed by atoms with E-state index < -0.39 is 11.6 Å². The standard InChI is InChI=1S/C35H44N4O3/c1-24-11-15-27(16-12-24)19-31(32(40)38-20-35(21-38)22-39(23-35)33(41)42-34(4,5)6)37-30-10-8-7-9-29(30)36-26(3)28-17-13-25(2)14-18-28/h7-18,26,31,36-37H,19-23H2,1-6H3/t26?,31-/m0/s1. The van der Waals surface area contributed by atoms with E-state index in [1.165, 1.54) is 16.7 Å². The minimum Gasteiger partial charge on any atom is -0.444 e. The van der Waals surface area contributed by atoms with E-state index in [1.54, 1.807) is 4.90 Å². The zero-order chi connectivity index (χ0) is 30.1. The van der Waals surface area contributed by atoms with E-state index in [0.29, 0.717) is 32.6 Å². The summed E-state index contributed by atoms with van der Waals surface area (Å²) in [6.45, 7) is 14.5. The van der Waals surface area contributed by atoms with Gasteiger partial charge in [0.1, 0.15) is 11.6 Å². The molecule has 0 bridgehead atoms. The monoisotopic (exact) mass is 568 g/mol. The molecule has 222 valence electrons. The normalized spacial score (nSPS) is 17.1. The lowest BCUT2D eigenvalue weighted by molar-refractivity contribution is -0.157. The van der Waals surface area contributed by atoms with Gasteiger partial charge >= 0.3 is 6.09 Å². The average molecular weight is 569 g/mol. The Labute approximate surface area is 250 Å². The van der Waals surface area contributed by atoms with Crippen molar-refractivity contribution in [3.8, 4) is 0 Å². The zero-order valence-corrected chi connectivity index (χ0v) is 25.7. The van der Waals surface area contributed by atoms with Crippen molar-refractivity contribution in [2.45, 2.75) is 65.6 Å². The predicted octanol–water partition coefficient (Wildman–Crippen LogP) is 6.58. The van der Waals surface area contributed by atoms with Gasteiger partial charge in [-0.3, -0.25) is 4.79 Å². The Kier molecular flexibility index (Phi) is 8.22. The lowest BCUT2D eigenvalue weighted by Gasteiger charge is -2.60. The van der Waals surface area contributed by atoms with E-state index in [9.17, 15) is 9.59 Å². The summed E-state index contributed by atoms with van der Waals surface area (Å²) in [7, 11) is 0. The maximum Gasteiger partial charge on any atom is 0.410 e. The van der Waals surface area contributed by atoms with Gasteiger partial charge in [0.05, 0.1) is 11.4 Å². The fraction of sp³-hybridized carbons (Fsp3) is 0.429. The Morgan fingerprint density at radius 3 is 1.90 bits per heavy atom. The van der Waals surface area contributed by atoms with E-state index >= 15 is 0 Å². The quantitative estimate of drug-likeness (QED) is 0.321. The molecule has 3 aromatic rings. The van der Waals surface area contributed by atoms with Crippen molar-refractivity contribution in [2.75, 3.05) is 36.8 Å². The van der Waals surface area contributed by atoms with Crippen LogP contribution in [0.4, 0.5) is 16.2 Å². The van der Waals surface area contributed by atoms with Crippen LogP contribution in [0.5, 0.6) is 0 Å². The molecule has 42 heavy (non-hydrogen) atoms. The van der Waals surface area contributed by atoms with Crippen LogP contribution >= 0.6 is 0 Å². The second-order valence-electron chi connectivity index (χ2n) is 13.2. The summed E-state index contributed by atoms with van der Waals surface area (Å²) in [5, 5.41) is 7.25. The summed E-state index contributed by atoms with van der Waals surface area (Å²) in [5.41, 5.74) is 6.06. The summed E-state index contributed by atoms with van der Waals surface area (Å²) >= 11 is 0. The van der Waals surface area contributed by atoms with E-state index in [0.717, 1.165) is 16.9 Å². The van der Waals surface area contributed by atoms with Crippen LogP contribution < -0.4 is 10.6 Å². The van der Waals surface area contributed by atoms with Gasteiger partial charge < -0.3 is 25.2 Å². The molecule has 3 aromatic carbocycles. The molecule has 7 nitrogen and oxygen atoms in total. The molecule has 2 saturated heterocycles. The maximum atomic E-state index is 14.0. The molecule has 5 rings (SSSR count). The molecule has 2 atom stereocenters. The van der Waals surface area contributed by atoms with Crippen LogP contribution in [0.25, 0.3) is 0 Å². The number of ether oxygens (including phenoxy) is 1. The molecule has 2 fully saturated rings. The summed E-state index contributed by atoms with van der Waals surface area (Å²) < 4.78 is 5.52.